The zero-order valence-corrected chi connectivity index (χ0v) is 17.1. The topological polar surface area (TPSA) is 96.9 Å². The van der Waals surface area contributed by atoms with Crippen molar-refractivity contribution in [1.29, 1.82) is 0 Å². The van der Waals surface area contributed by atoms with E-state index in [4.69, 9.17) is 4.74 Å². The van der Waals surface area contributed by atoms with Crippen molar-refractivity contribution in [3.8, 4) is 5.75 Å². The molecule has 2 aliphatic rings. The Kier molecular flexibility index (Phi) is 5.04. The predicted octanol–water partition coefficient (Wildman–Crippen LogP) is 3.29. The van der Waals surface area contributed by atoms with E-state index in [0.717, 1.165) is 12.0 Å². The van der Waals surface area contributed by atoms with Crippen molar-refractivity contribution in [3.63, 3.8) is 0 Å². The van der Waals surface area contributed by atoms with Gasteiger partial charge in [0.05, 0.1) is 10.5 Å². The van der Waals surface area contributed by atoms with Crippen LogP contribution in [-0.2, 0) is 10.0 Å². The number of sulfonamides is 1. The quantitative estimate of drug-likeness (QED) is 0.804. The molecule has 7 nitrogen and oxygen atoms in total. The van der Waals surface area contributed by atoms with E-state index in [2.05, 4.69) is 22.0 Å². The van der Waals surface area contributed by atoms with Crippen molar-refractivity contribution in [2.75, 3.05) is 11.9 Å². The van der Waals surface area contributed by atoms with Crippen molar-refractivity contribution in [3.05, 3.63) is 53.6 Å². The highest BCUT2D eigenvalue weighted by Gasteiger charge is 2.31. The number of hydrogen-bond donors (Lipinski definition) is 2. The zero-order chi connectivity index (χ0) is 20.6. The van der Waals surface area contributed by atoms with Crippen LogP contribution in [0.25, 0.3) is 0 Å². The number of nitrogens with one attached hydrogen (secondary N) is 2. The van der Waals surface area contributed by atoms with E-state index in [9.17, 15) is 13.2 Å². The molecule has 0 saturated carbocycles. The summed E-state index contributed by atoms with van der Waals surface area (Å²) in [6.07, 6.45) is 1.46. The first-order valence-electron chi connectivity index (χ1n) is 9.62. The van der Waals surface area contributed by atoms with Gasteiger partial charge in [0.25, 0.3) is 15.9 Å². The number of amides is 1. The Bertz CT molecular complexity index is 1090. The van der Waals surface area contributed by atoms with E-state index >= 15 is 0 Å². The minimum Gasteiger partial charge on any atom is -0.489 e. The Morgan fingerprint density at radius 1 is 1.17 bits per heavy atom. The molecule has 0 aliphatic carbocycles. The fraction of sp³-hybridized carbons (Fsp3) is 0.333. The number of amidine groups is 1. The second-order valence-electron chi connectivity index (χ2n) is 7.35. The van der Waals surface area contributed by atoms with Gasteiger partial charge in [-0.25, -0.2) is 8.42 Å². The molecule has 152 valence electrons. The average molecular weight is 413 g/mol. The third-order valence-electron chi connectivity index (χ3n) is 5.32. The van der Waals surface area contributed by atoms with Gasteiger partial charge in [0.15, 0.2) is 0 Å². The number of hydrogen-bond acceptors (Lipinski definition) is 5. The lowest BCUT2D eigenvalue weighted by molar-refractivity contribution is 0.102. The van der Waals surface area contributed by atoms with E-state index < -0.39 is 10.0 Å². The Labute approximate surface area is 170 Å². The fourth-order valence-electron chi connectivity index (χ4n) is 3.54. The Morgan fingerprint density at radius 2 is 1.97 bits per heavy atom. The standard InChI is InChI=1S/C21H23N3O4S/c1-13-14(2)28-20-17(13)8-4-9-18(20)21(25)23-15-6-3-7-16(12-15)29(26,27)24-19-10-5-11-22-19/h3-4,6-9,12-14H,5,10-11H2,1-2H3,(H,22,24)(H,23,25)/t13-,14-/m0/s1. The lowest BCUT2D eigenvalue weighted by Gasteiger charge is -2.12. The molecule has 0 unspecified atom stereocenters. The molecule has 2 aromatic carbocycles. The molecule has 2 heterocycles. The number of ether oxygens (including phenoxy) is 1. The largest absolute Gasteiger partial charge is 0.489 e. The molecule has 0 aromatic heterocycles. The molecule has 2 aromatic rings. The number of benzene rings is 2. The van der Waals surface area contributed by atoms with Crippen molar-refractivity contribution in [1.82, 2.24) is 4.72 Å². The molecule has 4 rings (SSSR count). The number of fused-ring (bicyclic) bond motifs is 1. The average Bonchev–Trinajstić information content (AvgIpc) is 3.29. The Morgan fingerprint density at radius 3 is 2.72 bits per heavy atom. The number of carbonyl (C=O) groups is 1. The van der Waals surface area contributed by atoms with Gasteiger partial charge in [-0.2, -0.15) is 0 Å². The maximum atomic E-state index is 12.9. The van der Waals surface area contributed by atoms with Crippen molar-refractivity contribution < 1.29 is 17.9 Å². The molecule has 0 bridgehead atoms. The van der Waals surface area contributed by atoms with Crippen LogP contribution in [0.2, 0.25) is 0 Å². The highest BCUT2D eigenvalue weighted by molar-refractivity contribution is 7.90. The predicted molar refractivity (Wildman–Crippen MR) is 111 cm³/mol. The summed E-state index contributed by atoms with van der Waals surface area (Å²) >= 11 is 0. The molecule has 0 saturated heterocycles. The molecule has 2 atom stereocenters. The van der Waals surface area contributed by atoms with Gasteiger partial charge in [-0.05, 0) is 37.6 Å². The van der Waals surface area contributed by atoms with Crippen LogP contribution in [0, 0.1) is 0 Å². The van der Waals surface area contributed by atoms with E-state index in [-0.39, 0.29) is 22.8 Å². The van der Waals surface area contributed by atoms with E-state index in [1.54, 1.807) is 18.2 Å². The van der Waals surface area contributed by atoms with Crippen LogP contribution in [-0.4, -0.2) is 32.8 Å². The van der Waals surface area contributed by atoms with Crippen LogP contribution in [0.5, 0.6) is 5.75 Å². The summed E-state index contributed by atoms with van der Waals surface area (Å²) in [6, 6.07) is 11.7. The molecule has 0 radical (unpaired) electrons. The van der Waals surface area contributed by atoms with Gasteiger partial charge in [0, 0.05) is 30.1 Å². The number of aliphatic imine (C=N–C) groups is 1. The van der Waals surface area contributed by atoms with Crippen molar-refractivity contribution in [2.45, 2.75) is 43.6 Å². The first-order chi connectivity index (χ1) is 13.8. The van der Waals surface area contributed by atoms with Gasteiger partial charge in [-0.1, -0.05) is 25.1 Å². The molecular weight excluding hydrogens is 390 g/mol. The summed E-state index contributed by atoms with van der Waals surface area (Å²) in [4.78, 5) is 17.1. The van der Waals surface area contributed by atoms with Crippen LogP contribution >= 0.6 is 0 Å². The number of anilines is 1. The van der Waals surface area contributed by atoms with Gasteiger partial charge in [0.2, 0.25) is 0 Å². The summed E-state index contributed by atoms with van der Waals surface area (Å²) in [6.45, 7) is 4.67. The minimum atomic E-state index is -3.75. The van der Waals surface area contributed by atoms with Gasteiger partial charge in [-0.3, -0.25) is 14.5 Å². The SMILES string of the molecule is C[C@@H]1Oc2c(C(=O)Nc3cccc(S(=O)(=O)NC4=NCCC4)c3)cccc2[C@H]1C. The molecule has 29 heavy (non-hydrogen) atoms. The smallest absolute Gasteiger partial charge is 0.262 e. The highest BCUT2D eigenvalue weighted by Crippen LogP contribution is 2.40. The van der Waals surface area contributed by atoms with Gasteiger partial charge in [0.1, 0.15) is 17.7 Å². The van der Waals surface area contributed by atoms with Crippen LogP contribution in [0.3, 0.4) is 0 Å². The minimum absolute atomic E-state index is 0.00278. The molecule has 0 spiro atoms. The number of rotatable bonds is 4. The van der Waals surface area contributed by atoms with Crippen molar-refractivity contribution in [2.24, 2.45) is 4.99 Å². The number of nitrogens with zero attached hydrogens (tertiary/aromatic N) is 1. The van der Waals surface area contributed by atoms with Crippen LogP contribution in [0.15, 0.2) is 52.4 Å². The monoisotopic (exact) mass is 413 g/mol. The first kappa shape index (κ1) is 19.4. The maximum Gasteiger partial charge on any atom is 0.262 e. The number of carbonyl (C=O) groups excluding carboxylic acids is 1. The van der Waals surface area contributed by atoms with Crippen LogP contribution in [0.4, 0.5) is 5.69 Å². The molecule has 2 aliphatic heterocycles. The second-order valence-corrected chi connectivity index (χ2v) is 9.04. The Balaban J connectivity index is 1.56. The lowest BCUT2D eigenvalue weighted by atomic mass is 9.97. The third-order valence-corrected chi connectivity index (χ3v) is 6.70. The second kappa shape index (κ2) is 7.51. The number of para-hydroxylation sites is 1. The summed E-state index contributed by atoms with van der Waals surface area (Å²) < 4.78 is 33.6. The maximum absolute atomic E-state index is 12.9. The lowest BCUT2D eigenvalue weighted by Crippen LogP contribution is -2.29. The van der Waals surface area contributed by atoms with E-state index in [0.29, 0.717) is 35.8 Å². The summed E-state index contributed by atoms with van der Waals surface area (Å²) in [7, 11) is -3.75. The molecule has 8 heteroatoms. The molecule has 1 amide bonds. The molecular formula is C21H23N3O4S. The van der Waals surface area contributed by atoms with Crippen LogP contribution in [0.1, 0.15) is 48.5 Å². The van der Waals surface area contributed by atoms with E-state index in [1.807, 2.05) is 19.1 Å². The molecule has 2 N–H and O–H groups in total. The van der Waals surface area contributed by atoms with Gasteiger partial charge < -0.3 is 10.1 Å². The van der Waals surface area contributed by atoms with Crippen LogP contribution < -0.4 is 14.8 Å². The fourth-order valence-corrected chi connectivity index (χ4v) is 4.68. The molecule has 0 fully saturated rings. The summed E-state index contributed by atoms with van der Waals surface area (Å²) in [5.41, 5.74) is 1.83. The van der Waals surface area contributed by atoms with Gasteiger partial charge >= 0.3 is 0 Å². The van der Waals surface area contributed by atoms with Crippen molar-refractivity contribution >= 4 is 27.5 Å². The normalized spacial score (nSPS) is 20.6. The Hall–Kier alpha value is -2.87. The summed E-state index contributed by atoms with van der Waals surface area (Å²) in [5, 5.41) is 2.78. The van der Waals surface area contributed by atoms with Gasteiger partial charge in [-0.15, -0.1) is 0 Å². The summed E-state index contributed by atoms with van der Waals surface area (Å²) in [5.74, 6) is 0.927. The van der Waals surface area contributed by atoms with E-state index in [1.165, 1.54) is 12.1 Å². The third kappa shape index (κ3) is 3.85. The highest BCUT2D eigenvalue weighted by atomic mass is 32.2. The first-order valence-corrected chi connectivity index (χ1v) is 11.1. The zero-order valence-electron chi connectivity index (χ0n) is 16.3.